The summed E-state index contributed by atoms with van der Waals surface area (Å²) >= 11 is 0. The average Bonchev–Trinajstić information content (AvgIpc) is 1.94. The molecule has 0 spiro atoms. The van der Waals surface area contributed by atoms with E-state index in [9.17, 15) is 0 Å². The van der Waals surface area contributed by atoms with E-state index in [0.29, 0.717) is 5.90 Å². The molecule has 1 heterocycles. The van der Waals surface area contributed by atoms with Crippen molar-refractivity contribution in [2.45, 2.75) is 20.0 Å². The van der Waals surface area contributed by atoms with Gasteiger partial charge in [-0.3, -0.25) is 0 Å². The second kappa shape index (κ2) is 2.73. The van der Waals surface area contributed by atoms with E-state index in [1.165, 1.54) is 0 Å². The molecule has 0 saturated heterocycles. The third kappa shape index (κ3) is 1.29. The van der Waals surface area contributed by atoms with Gasteiger partial charge in [-0.15, -0.1) is 0 Å². The number of oxime groups is 1. The molecule has 2 unspecified atom stereocenters. The molecule has 0 amide bonds. The van der Waals surface area contributed by atoms with Crippen molar-refractivity contribution in [2.75, 3.05) is 0 Å². The van der Waals surface area contributed by atoms with Crippen LogP contribution in [0, 0.1) is 5.92 Å². The number of nitrogens with zero attached hydrogens (tertiary/aromatic N) is 1. The van der Waals surface area contributed by atoms with E-state index in [0.717, 1.165) is 0 Å². The van der Waals surface area contributed by atoms with Crippen molar-refractivity contribution < 1.29 is 9.94 Å². The maximum absolute atomic E-state index is 8.41. The predicted octanol–water partition coefficient (Wildman–Crippen LogP) is 1.39. The number of rotatable bonds is 0. The smallest absolute Gasteiger partial charge is 0.232 e. The van der Waals surface area contributed by atoms with Crippen LogP contribution in [0.5, 0.6) is 0 Å². The second-order valence-corrected chi connectivity index (χ2v) is 2.43. The van der Waals surface area contributed by atoms with Crippen LogP contribution in [0.1, 0.15) is 13.8 Å². The number of ether oxygens (including phenoxy) is 1. The first-order valence-corrected chi connectivity index (χ1v) is 3.31. The highest BCUT2D eigenvalue weighted by molar-refractivity contribution is 5.80. The van der Waals surface area contributed by atoms with Gasteiger partial charge in [-0.05, 0) is 13.0 Å². The summed E-state index contributed by atoms with van der Waals surface area (Å²) in [7, 11) is 0. The Hall–Kier alpha value is -0.990. The lowest BCUT2D eigenvalue weighted by Crippen LogP contribution is -2.23. The fourth-order valence-corrected chi connectivity index (χ4v) is 0.857. The summed E-state index contributed by atoms with van der Waals surface area (Å²) in [5.41, 5.74) is 0. The zero-order chi connectivity index (χ0) is 7.56. The lowest BCUT2D eigenvalue weighted by Gasteiger charge is -2.19. The van der Waals surface area contributed by atoms with Crippen LogP contribution in [-0.2, 0) is 4.74 Å². The van der Waals surface area contributed by atoms with E-state index in [1.807, 2.05) is 26.0 Å². The molecule has 3 heteroatoms. The van der Waals surface area contributed by atoms with Crippen molar-refractivity contribution in [1.29, 1.82) is 0 Å². The first kappa shape index (κ1) is 7.12. The molecule has 0 fully saturated rings. The monoisotopic (exact) mass is 141 g/mol. The Morgan fingerprint density at radius 3 is 2.70 bits per heavy atom. The third-order valence-corrected chi connectivity index (χ3v) is 1.47. The maximum Gasteiger partial charge on any atom is 0.232 e. The zero-order valence-corrected chi connectivity index (χ0v) is 6.11. The molecular formula is C7H11NO2. The first-order valence-electron chi connectivity index (χ1n) is 3.31. The van der Waals surface area contributed by atoms with Crippen LogP contribution in [0.2, 0.25) is 0 Å². The molecule has 0 radical (unpaired) electrons. The van der Waals surface area contributed by atoms with E-state index in [4.69, 9.17) is 9.94 Å². The molecule has 0 aromatic heterocycles. The van der Waals surface area contributed by atoms with Gasteiger partial charge < -0.3 is 9.94 Å². The maximum atomic E-state index is 8.41. The highest BCUT2D eigenvalue weighted by atomic mass is 16.5. The minimum Gasteiger partial charge on any atom is -0.471 e. The van der Waals surface area contributed by atoms with Crippen molar-refractivity contribution in [3.63, 3.8) is 0 Å². The lowest BCUT2D eigenvalue weighted by molar-refractivity contribution is 0.204. The Kier molecular flexibility index (Phi) is 1.94. The molecule has 0 aromatic carbocycles. The Morgan fingerprint density at radius 2 is 2.20 bits per heavy atom. The molecular weight excluding hydrogens is 130 g/mol. The van der Waals surface area contributed by atoms with Gasteiger partial charge in [0.1, 0.15) is 6.10 Å². The molecule has 0 saturated carbocycles. The molecule has 0 bridgehead atoms. The van der Waals surface area contributed by atoms with Gasteiger partial charge in [-0.1, -0.05) is 18.2 Å². The summed E-state index contributed by atoms with van der Waals surface area (Å²) in [6, 6.07) is 0. The molecule has 1 rings (SSSR count). The van der Waals surface area contributed by atoms with Gasteiger partial charge in [0.25, 0.3) is 0 Å². The van der Waals surface area contributed by atoms with E-state index in [1.54, 1.807) is 0 Å². The molecule has 0 aromatic rings. The lowest BCUT2D eigenvalue weighted by atomic mass is 10.1. The quantitative estimate of drug-likeness (QED) is 0.314. The van der Waals surface area contributed by atoms with Gasteiger partial charge in [0.05, 0.1) is 5.92 Å². The molecule has 3 nitrogen and oxygen atoms in total. The minimum atomic E-state index is 0.0297. The average molecular weight is 141 g/mol. The van der Waals surface area contributed by atoms with Crippen molar-refractivity contribution >= 4 is 5.90 Å². The highest BCUT2D eigenvalue weighted by Crippen LogP contribution is 2.12. The zero-order valence-electron chi connectivity index (χ0n) is 6.11. The van der Waals surface area contributed by atoms with Gasteiger partial charge in [-0.25, -0.2) is 0 Å². The van der Waals surface area contributed by atoms with Crippen LogP contribution < -0.4 is 0 Å². The Labute approximate surface area is 60.0 Å². The third-order valence-electron chi connectivity index (χ3n) is 1.47. The molecule has 1 aliphatic rings. The summed E-state index contributed by atoms with van der Waals surface area (Å²) in [5, 5.41) is 11.4. The summed E-state index contributed by atoms with van der Waals surface area (Å²) in [5.74, 6) is 0.496. The Bertz CT molecular complexity index is 174. The van der Waals surface area contributed by atoms with E-state index in [2.05, 4.69) is 5.16 Å². The van der Waals surface area contributed by atoms with Gasteiger partial charge >= 0.3 is 0 Å². The van der Waals surface area contributed by atoms with Crippen LogP contribution in [0.4, 0.5) is 0 Å². The summed E-state index contributed by atoms with van der Waals surface area (Å²) in [6.07, 6.45) is 3.94. The van der Waals surface area contributed by atoms with E-state index < -0.39 is 0 Å². The standard InChI is InChI=1S/C7H11NO2/c1-5-3-4-6(2)10-7(5)8-9/h3-6,9H,1-2H3/b8-7-. The van der Waals surface area contributed by atoms with Crippen molar-refractivity contribution in [2.24, 2.45) is 11.1 Å². The van der Waals surface area contributed by atoms with Crippen LogP contribution in [0.25, 0.3) is 0 Å². The molecule has 56 valence electrons. The molecule has 10 heavy (non-hydrogen) atoms. The fourth-order valence-electron chi connectivity index (χ4n) is 0.857. The minimum absolute atomic E-state index is 0.0297. The fraction of sp³-hybridized carbons (Fsp3) is 0.571. The van der Waals surface area contributed by atoms with Gasteiger partial charge in [0.2, 0.25) is 5.90 Å². The largest absolute Gasteiger partial charge is 0.471 e. The van der Waals surface area contributed by atoms with Gasteiger partial charge in [-0.2, -0.15) is 0 Å². The normalized spacial score (nSPS) is 36.0. The number of hydrogen-bond acceptors (Lipinski definition) is 3. The first-order chi connectivity index (χ1) is 4.74. The second-order valence-electron chi connectivity index (χ2n) is 2.43. The van der Waals surface area contributed by atoms with E-state index in [-0.39, 0.29) is 12.0 Å². The molecule has 1 aliphatic heterocycles. The van der Waals surface area contributed by atoms with Crippen LogP contribution in [-0.4, -0.2) is 17.2 Å². The van der Waals surface area contributed by atoms with Crippen LogP contribution in [0.3, 0.4) is 0 Å². The van der Waals surface area contributed by atoms with Crippen molar-refractivity contribution in [3.8, 4) is 0 Å². The number of hydrogen-bond donors (Lipinski definition) is 1. The Balaban J connectivity index is 2.72. The van der Waals surface area contributed by atoms with Crippen molar-refractivity contribution in [1.82, 2.24) is 0 Å². The predicted molar refractivity (Wildman–Crippen MR) is 38.1 cm³/mol. The van der Waals surface area contributed by atoms with Crippen LogP contribution in [0.15, 0.2) is 17.3 Å². The Morgan fingerprint density at radius 1 is 1.50 bits per heavy atom. The molecule has 0 aliphatic carbocycles. The SMILES string of the molecule is CC1C=CC(C)/C(=N/O)O1. The summed E-state index contributed by atoms with van der Waals surface area (Å²) in [4.78, 5) is 0. The van der Waals surface area contributed by atoms with Crippen molar-refractivity contribution in [3.05, 3.63) is 12.2 Å². The van der Waals surface area contributed by atoms with Crippen LogP contribution >= 0.6 is 0 Å². The highest BCUT2D eigenvalue weighted by Gasteiger charge is 2.16. The van der Waals surface area contributed by atoms with E-state index >= 15 is 0 Å². The summed E-state index contributed by atoms with van der Waals surface area (Å²) in [6.45, 7) is 3.81. The topological polar surface area (TPSA) is 41.8 Å². The van der Waals surface area contributed by atoms with Gasteiger partial charge in [0, 0.05) is 0 Å². The molecule has 1 N–H and O–H groups in total. The van der Waals surface area contributed by atoms with Gasteiger partial charge in [0.15, 0.2) is 0 Å². The molecule has 2 atom stereocenters. The summed E-state index contributed by atoms with van der Waals surface area (Å²) < 4.78 is 5.16.